The van der Waals surface area contributed by atoms with Crippen LogP contribution in [0, 0.1) is 6.92 Å². The SMILES string of the molecule is C=C/C=C(/[CH2-])C=C.OC(F)(F)F.[V]. The molecular formula is C8H10F3OV-. The molecule has 0 aliphatic carbocycles. The summed E-state index contributed by atoms with van der Waals surface area (Å²) in [5.74, 6) is 0. The van der Waals surface area contributed by atoms with Crippen LogP contribution in [0.2, 0.25) is 0 Å². The average Bonchev–Trinajstić information content (AvgIpc) is 1.85. The van der Waals surface area contributed by atoms with Crippen molar-refractivity contribution in [1.29, 1.82) is 0 Å². The molecule has 0 spiro atoms. The van der Waals surface area contributed by atoms with E-state index in [0.29, 0.717) is 0 Å². The van der Waals surface area contributed by atoms with Gasteiger partial charge in [0.2, 0.25) is 0 Å². The Hall–Kier alpha value is -0.576. The van der Waals surface area contributed by atoms with Gasteiger partial charge in [0.05, 0.1) is 0 Å². The van der Waals surface area contributed by atoms with E-state index in [9.17, 15) is 13.2 Å². The first kappa shape index (κ1) is 18.3. The van der Waals surface area contributed by atoms with Gasteiger partial charge in [0, 0.05) is 18.6 Å². The van der Waals surface area contributed by atoms with E-state index in [2.05, 4.69) is 20.1 Å². The van der Waals surface area contributed by atoms with Crippen molar-refractivity contribution in [2.75, 3.05) is 0 Å². The quantitative estimate of drug-likeness (QED) is 0.571. The molecule has 1 nitrogen and oxygen atoms in total. The molecule has 1 N–H and O–H groups in total. The van der Waals surface area contributed by atoms with E-state index in [0.717, 1.165) is 5.57 Å². The van der Waals surface area contributed by atoms with Crippen LogP contribution in [0.4, 0.5) is 13.2 Å². The third-order valence-corrected chi connectivity index (χ3v) is 0.594. The minimum absolute atomic E-state index is 0. The molecule has 0 aromatic heterocycles. The van der Waals surface area contributed by atoms with Gasteiger partial charge in [-0.3, -0.25) is 0 Å². The van der Waals surface area contributed by atoms with Crippen molar-refractivity contribution in [3.63, 3.8) is 0 Å². The largest absolute Gasteiger partial charge is 0.519 e. The molecule has 0 rings (SSSR count). The molecule has 0 atom stereocenters. The van der Waals surface area contributed by atoms with Gasteiger partial charge in [-0.15, -0.1) is 25.8 Å². The van der Waals surface area contributed by atoms with Crippen LogP contribution in [0.15, 0.2) is 37.0 Å². The topological polar surface area (TPSA) is 20.2 Å². The minimum atomic E-state index is -5.00. The molecule has 0 heterocycles. The molecular weight excluding hydrogens is 220 g/mol. The molecule has 13 heavy (non-hydrogen) atoms. The first-order chi connectivity index (χ1) is 5.31. The third kappa shape index (κ3) is 51.8. The van der Waals surface area contributed by atoms with Crippen LogP contribution in [0.25, 0.3) is 0 Å². The Morgan fingerprint density at radius 1 is 1.31 bits per heavy atom. The van der Waals surface area contributed by atoms with Gasteiger partial charge < -0.3 is 5.11 Å². The first-order valence-electron chi connectivity index (χ1n) is 2.87. The molecule has 75 valence electrons. The van der Waals surface area contributed by atoms with Crippen molar-refractivity contribution in [3.8, 4) is 0 Å². The number of alkyl halides is 3. The fourth-order valence-electron chi connectivity index (χ4n) is 0.219. The van der Waals surface area contributed by atoms with E-state index in [1.165, 1.54) is 0 Å². The summed E-state index contributed by atoms with van der Waals surface area (Å²) in [4.78, 5) is 0. The van der Waals surface area contributed by atoms with E-state index in [1.54, 1.807) is 18.2 Å². The monoisotopic (exact) mass is 230 g/mol. The van der Waals surface area contributed by atoms with Crippen LogP contribution in [0.3, 0.4) is 0 Å². The fraction of sp³-hybridized carbons (Fsp3) is 0.125. The Morgan fingerprint density at radius 3 is 1.69 bits per heavy atom. The summed E-state index contributed by atoms with van der Waals surface area (Å²) in [6.45, 7) is 10.6. The Kier molecular flexibility index (Phi) is 13.4. The van der Waals surface area contributed by atoms with E-state index >= 15 is 0 Å². The van der Waals surface area contributed by atoms with E-state index < -0.39 is 6.36 Å². The van der Waals surface area contributed by atoms with Gasteiger partial charge in [0.25, 0.3) is 0 Å². The van der Waals surface area contributed by atoms with E-state index in [1.807, 2.05) is 0 Å². The predicted molar refractivity (Wildman–Crippen MR) is 42.1 cm³/mol. The Labute approximate surface area is 87.5 Å². The number of hydrogen-bond donors (Lipinski definition) is 1. The first-order valence-corrected chi connectivity index (χ1v) is 2.87. The van der Waals surface area contributed by atoms with Gasteiger partial charge in [0.1, 0.15) is 0 Å². The minimum Gasteiger partial charge on any atom is -0.308 e. The van der Waals surface area contributed by atoms with Crippen molar-refractivity contribution in [2.24, 2.45) is 0 Å². The maximum atomic E-state index is 9.91. The van der Waals surface area contributed by atoms with Crippen molar-refractivity contribution in [2.45, 2.75) is 6.36 Å². The standard InChI is InChI=1S/C7H9.CHF3O.V/c1-4-6-7(3)5-2;2-1(3,4)5;/h4-6H,1-3H2;5H;/q-1;;/b7-6-;;. The normalized spacial score (nSPS) is 10.3. The Morgan fingerprint density at radius 2 is 1.62 bits per heavy atom. The summed E-state index contributed by atoms with van der Waals surface area (Å²) < 4.78 is 29.7. The maximum absolute atomic E-state index is 9.91. The van der Waals surface area contributed by atoms with Gasteiger partial charge >= 0.3 is 6.36 Å². The third-order valence-electron chi connectivity index (χ3n) is 0.594. The van der Waals surface area contributed by atoms with Crippen molar-refractivity contribution in [3.05, 3.63) is 43.9 Å². The summed E-state index contributed by atoms with van der Waals surface area (Å²) in [6.07, 6.45) is 0.165. The second kappa shape index (κ2) is 9.51. The molecule has 0 bridgehead atoms. The van der Waals surface area contributed by atoms with Gasteiger partial charge in [-0.05, 0) is 0 Å². The van der Waals surface area contributed by atoms with Crippen LogP contribution >= 0.6 is 0 Å². The number of hydrogen-bond acceptors (Lipinski definition) is 1. The zero-order valence-corrected chi connectivity index (χ0v) is 8.28. The number of halogens is 3. The van der Waals surface area contributed by atoms with Gasteiger partial charge in [0.15, 0.2) is 0 Å². The number of aliphatic hydroxyl groups is 1. The molecule has 5 heteroatoms. The van der Waals surface area contributed by atoms with Crippen molar-refractivity contribution in [1.82, 2.24) is 0 Å². The number of rotatable bonds is 2. The Balaban J connectivity index is -0.000000150. The van der Waals surface area contributed by atoms with Crippen LogP contribution in [0.1, 0.15) is 0 Å². The van der Waals surface area contributed by atoms with Gasteiger partial charge in [-0.2, -0.15) is 31.2 Å². The van der Waals surface area contributed by atoms with Crippen LogP contribution in [-0.2, 0) is 18.6 Å². The summed E-state index contributed by atoms with van der Waals surface area (Å²) in [7, 11) is 0. The summed E-state index contributed by atoms with van der Waals surface area (Å²) in [6, 6.07) is 0. The summed E-state index contributed by atoms with van der Waals surface area (Å²) in [5.41, 5.74) is 0.898. The molecule has 0 aliphatic heterocycles. The van der Waals surface area contributed by atoms with Crippen LogP contribution in [0.5, 0.6) is 0 Å². The second-order valence-corrected chi connectivity index (χ2v) is 1.65. The fourth-order valence-corrected chi connectivity index (χ4v) is 0.219. The van der Waals surface area contributed by atoms with E-state index in [-0.39, 0.29) is 18.6 Å². The summed E-state index contributed by atoms with van der Waals surface area (Å²) in [5, 5.41) is 6.52. The predicted octanol–water partition coefficient (Wildman–Crippen LogP) is 2.61. The van der Waals surface area contributed by atoms with Crippen molar-refractivity contribution < 1.29 is 36.8 Å². The van der Waals surface area contributed by atoms with Crippen LogP contribution < -0.4 is 0 Å². The average molecular weight is 230 g/mol. The molecule has 0 aromatic rings. The van der Waals surface area contributed by atoms with Crippen molar-refractivity contribution >= 4 is 0 Å². The Bertz CT molecular complexity index is 167. The van der Waals surface area contributed by atoms with Gasteiger partial charge in [-0.25, -0.2) is 0 Å². The zero-order chi connectivity index (χ0) is 10.2. The van der Waals surface area contributed by atoms with Gasteiger partial charge in [-0.1, -0.05) is 0 Å². The molecule has 0 saturated carbocycles. The molecule has 0 amide bonds. The zero-order valence-electron chi connectivity index (χ0n) is 6.88. The molecule has 0 aliphatic rings. The molecule has 0 unspecified atom stereocenters. The molecule has 0 aromatic carbocycles. The van der Waals surface area contributed by atoms with Crippen LogP contribution in [-0.4, -0.2) is 11.5 Å². The molecule has 0 fully saturated rings. The summed E-state index contributed by atoms with van der Waals surface area (Å²) >= 11 is 0. The molecule has 0 saturated heterocycles. The van der Waals surface area contributed by atoms with E-state index in [4.69, 9.17) is 5.11 Å². The number of allylic oxidation sites excluding steroid dienone is 4. The second-order valence-electron chi connectivity index (χ2n) is 1.65. The molecule has 1 radical (unpaired) electrons. The maximum Gasteiger partial charge on any atom is 0.519 e. The smallest absolute Gasteiger partial charge is 0.308 e.